The molecule has 0 aliphatic carbocycles. The van der Waals surface area contributed by atoms with Crippen molar-refractivity contribution in [2.24, 2.45) is 0 Å². The van der Waals surface area contributed by atoms with Crippen LogP contribution in [0.4, 0.5) is 0 Å². The van der Waals surface area contributed by atoms with E-state index in [1.807, 2.05) is 19.9 Å². The summed E-state index contributed by atoms with van der Waals surface area (Å²) in [5, 5.41) is 7.44. The van der Waals surface area contributed by atoms with Gasteiger partial charge in [-0.05, 0) is 52.8 Å². The van der Waals surface area contributed by atoms with Gasteiger partial charge in [-0.15, -0.1) is 5.10 Å². The number of aromatic nitrogens is 4. The standard InChI is InChI=1S/C17H26N6O/c1-12-9-14(3)23-17(19-12)20-15(21-23)10-16(24)18-13(2)11-22-7-5-4-6-8-22/h9,13H,4-8,10-11H2,1-3H3,(H,18,24). The number of hydrogen-bond donors (Lipinski definition) is 1. The molecule has 1 unspecified atom stereocenters. The number of nitrogens with one attached hydrogen (secondary N) is 1. The molecule has 0 saturated carbocycles. The molecule has 1 saturated heterocycles. The van der Waals surface area contributed by atoms with Crippen LogP contribution in [-0.4, -0.2) is 56.1 Å². The van der Waals surface area contributed by atoms with Crippen LogP contribution in [0.3, 0.4) is 0 Å². The fourth-order valence-electron chi connectivity index (χ4n) is 3.33. The zero-order valence-corrected chi connectivity index (χ0v) is 14.7. The summed E-state index contributed by atoms with van der Waals surface area (Å²) in [6.07, 6.45) is 4.03. The molecule has 130 valence electrons. The van der Waals surface area contributed by atoms with Crippen LogP contribution in [0.25, 0.3) is 5.78 Å². The number of carbonyl (C=O) groups is 1. The van der Waals surface area contributed by atoms with E-state index in [0.29, 0.717) is 11.6 Å². The van der Waals surface area contributed by atoms with Crippen LogP contribution in [0.1, 0.15) is 43.4 Å². The molecular formula is C17H26N6O. The summed E-state index contributed by atoms with van der Waals surface area (Å²) in [7, 11) is 0. The van der Waals surface area contributed by atoms with E-state index in [1.165, 1.54) is 19.3 Å². The second kappa shape index (κ2) is 7.25. The first kappa shape index (κ1) is 16.8. The molecule has 1 aliphatic rings. The number of likely N-dealkylation sites (tertiary alicyclic amines) is 1. The minimum Gasteiger partial charge on any atom is -0.352 e. The highest BCUT2D eigenvalue weighted by atomic mass is 16.1. The molecule has 2 aromatic heterocycles. The van der Waals surface area contributed by atoms with Crippen molar-refractivity contribution in [2.45, 2.75) is 52.5 Å². The second-order valence-electron chi connectivity index (χ2n) is 6.79. The topological polar surface area (TPSA) is 75.4 Å². The Labute approximate surface area is 142 Å². The lowest BCUT2D eigenvalue weighted by atomic mass is 10.1. The summed E-state index contributed by atoms with van der Waals surface area (Å²) in [5.74, 6) is 1.03. The zero-order valence-electron chi connectivity index (χ0n) is 14.7. The van der Waals surface area contributed by atoms with Crippen molar-refractivity contribution in [2.75, 3.05) is 19.6 Å². The van der Waals surface area contributed by atoms with E-state index in [1.54, 1.807) is 4.52 Å². The van der Waals surface area contributed by atoms with Crippen molar-refractivity contribution < 1.29 is 4.79 Å². The molecule has 0 radical (unpaired) electrons. The molecule has 3 heterocycles. The number of amides is 1. The third kappa shape index (κ3) is 4.08. The minimum absolute atomic E-state index is 0.0372. The molecule has 1 N–H and O–H groups in total. The first-order valence-corrected chi connectivity index (χ1v) is 8.73. The average Bonchev–Trinajstić information content (AvgIpc) is 2.90. The lowest BCUT2D eigenvalue weighted by Gasteiger charge is -2.29. The fraction of sp³-hybridized carbons (Fsp3) is 0.647. The average molecular weight is 330 g/mol. The van der Waals surface area contributed by atoms with Crippen molar-refractivity contribution >= 4 is 11.7 Å². The van der Waals surface area contributed by atoms with Gasteiger partial charge in [0.2, 0.25) is 5.91 Å². The SMILES string of the molecule is Cc1cc(C)n2nc(CC(=O)NC(C)CN3CCCCC3)nc2n1. The van der Waals surface area contributed by atoms with Gasteiger partial charge in [0.1, 0.15) is 0 Å². The Morgan fingerprint density at radius 2 is 2.00 bits per heavy atom. The number of fused-ring (bicyclic) bond motifs is 1. The zero-order chi connectivity index (χ0) is 17.1. The van der Waals surface area contributed by atoms with E-state index < -0.39 is 0 Å². The highest BCUT2D eigenvalue weighted by molar-refractivity contribution is 5.78. The number of nitrogens with zero attached hydrogens (tertiary/aromatic N) is 5. The van der Waals surface area contributed by atoms with E-state index in [9.17, 15) is 4.79 Å². The fourth-order valence-corrected chi connectivity index (χ4v) is 3.33. The lowest BCUT2D eigenvalue weighted by molar-refractivity contribution is -0.121. The molecule has 1 fully saturated rings. The highest BCUT2D eigenvalue weighted by Gasteiger charge is 2.17. The van der Waals surface area contributed by atoms with Gasteiger partial charge in [-0.2, -0.15) is 4.98 Å². The molecule has 0 bridgehead atoms. The summed E-state index contributed by atoms with van der Waals surface area (Å²) in [6.45, 7) is 9.12. The van der Waals surface area contributed by atoms with Crippen molar-refractivity contribution in [3.8, 4) is 0 Å². The maximum absolute atomic E-state index is 12.3. The van der Waals surface area contributed by atoms with Crippen molar-refractivity contribution in [1.82, 2.24) is 29.8 Å². The molecular weight excluding hydrogens is 304 g/mol. The van der Waals surface area contributed by atoms with Crippen LogP contribution in [0.5, 0.6) is 0 Å². The van der Waals surface area contributed by atoms with Gasteiger partial charge in [0.25, 0.3) is 5.78 Å². The predicted octanol–water partition coefficient (Wildman–Crippen LogP) is 1.27. The van der Waals surface area contributed by atoms with Crippen LogP contribution in [-0.2, 0) is 11.2 Å². The Morgan fingerprint density at radius 3 is 2.75 bits per heavy atom. The number of rotatable bonds is 5. The molecule has 1 aliphatic heterocycles. The molecule has 3 rings (SSSR count). The van der Waals surface area contributed by atoms with Crippen LogP contribution in [0, 0.1) is 13.8 Å². The molecule has 2 aromatic rings. The molecule has 0 spiro atoms. The molecule has 7 heteroatoms. The quantitative estimate of drug-likeness (QED) is 0.894. The maximum Gasteiger partial charge on any atom is 0.252 e. The second-order valence-corrected chi connectivity index (χ2v) is 6.79. The summed E-state index contributed by atoms with van der Waals surface area (Å²) < 4.78 is 1.69. The van der Waals surface area contributed by atoms with Gasteiger partial charge in [-0.3, -0.25) is 4.79 Å². The first-order chi connectivity index (χ1) is 11.5. The van der Waals surface area contributed by atoms with Crippen molar-refractivity contribution in [3.05, 3.63) is 23.3 Å². The van der Waals surface area contributed by atoms with Crippen molar-refractivity contribution in [1.29, 1.82) is 0 Å². The van der Waals surface area contributed by atoms with Crippen LogP contribution < -0.4 is 5.32 Å². The van der Waals surface area contributed by atoms with Crippen LogP contribution in [0.2, 0.25) is 0 Å². The largest absolute Gasteiger partial charge is 0.352 e. The predicted molar refractivity (Wildman–Crippen MR) is 91.9 cm³/mol. The monoisotopic (exact) mass is 330 g/mol. The maximum atomic E-state index is 12.3. The number of aryl methyl sites for hydroxylation is 2. The van der Waals surface area contributed by atoms with E-state index in [0.717, 1.165) is 31.0 Å². The number of piperidine rings is 1. The Balaban J connectivity index is 1.57. The number of carbonyl (C=O) groups excluding carboxylic acids is 1. The number of hydrogen-bond acceptors (Lipinski definition) is 5. The third-order valence-corrected chi connectivity index (χ3v) is 4.37. The summed E-state index contributed by atoms with van der Waals surface area (Å²) in [4.78, 5) is 23.4. The van der Waals surface area contributed by atoms with Gasteiger partial charge < -0.3 is 10.2 Å². The van der Waals surface area contributed by atoms with Crippen molar-refractivity contribution in [3.63, 3.8) is 0 Å². The lowest BCUT2D eigenvalue weighted by Crippen LogP contribution is -2.44. The normalized spacial score (nSPS) is 17.1. The first-order valence-electron chi connectivity index (χ1n) is 8.73. The Hall–Kier alpha value is -2.02. The van der Waals surface area contributed by atoms with Gasteiger partial charge in [0.15, 0.2) is 5.82 Å². The summed E-state index contributed by atoms with van der Waals surface area (Å²) in [5.41, 5.74) is 1.87. The molecule has 1 amide bonds. The van der Waals surface area contributed by atoms with E-state index in [2.05, 4.69) is 32.2 Å². The summed E-state index contributed by atoms with van der Waals surface area (Å²) >= 11 is 0. The van der Waals surface area contributed by atoms with Gasteiger partial charge in [0.05, 0.1) is 6.42 Å². The van der Waals surface area contributed by atoms with E-state index >= 15 is 0 Å². The van der Waals surface area contributed by atoms with Crippen LogP contribution >= 0.6 is 0 Å². The molecule has 24 heavy (non-hydrogen) atoms. The minimum atomic E-state index is -0.0372. The highest BCUT2D eigenvalue weighted by Crippen LogP contribution is 2.09. The summed E-state index contributed by atoms with van der Waals surface area (Å²) in [6, 6.07) is 2.08. The third-order valence-electron chi connectivity index (χ3n) is 4.37. The Bertz CT molecular complexity index is 719. The van der Waals surface area contributed by atoms with Gasteiger partial charge in [-0.1, -0.05) is 6.42 Å². The van der Waals surface area contributed by atoms with E-state index in [-0.39, 0.29) is 18.4 Å². The molecule has 1 atom stereocenters. The van der Waals surface area contributed by atoms with E-state index in [4.69, 9.17) is 0 Å². The Kier molecular flexibility index (Phi) is 5.08. The molecule has 7 nitrogen and oxygen atoms in total. The van der Waals surface area contributed by atoms with Gasteiger partial charge in [-0.25, -0.2) is 9.50 Å². The van der Waals surface area contributed by atoms with Gasteiger partial charge in [0, 0.05) is 24.0 Å². The molecule has 0 aromatic carbocycles. The Morgan fingerprint density at radius 1 is 1.25 bits per heavy atom. The smallest absolute Gasteiger partial charge is 0.252 e. The van der Waals surface area contributed by atoms with Gasteiger partial charge >= 0.3 is 0 Å². The van der Waals surface area contributed by atoms with Crippen LogP contribution in [0.15, 0.2) is 6.07 Å².